The van der Waals surface area contributed by atoms with Crippen LogP contribution >= 0.6 is 11.6 Å². The summed E-state index contributed by atoms with van der Waals surface area (Å²) in [5.74, 6) is -0.885. The minimum absolute atomic E-state index is 0.0477. The molecule has 2 rings (SSSR count). The van der Waals surface area contributed by atoms with Crippen molar-refractivity contribution in [2.45, 2.75) is 18.7 Å². The minimum Gasteiger partial charge on any atom is -0.490 e. The first-order valence-electron chi connectivity index (χ1n) is 4.46. The highest BCUT2D eigenvalue weighted by Gasteiger charge is 2.57. The van der Waals surface area contributed by atoms with Gasteiger partial charge in [-0.25, -0.2) is 0 Å². The molecule has 2 atom stereocenters. The monoisotopic (exact) mass is 236 g/mol. The summed E-state index contributed by atoms with van der Waals surface area (Å²) >= 11 is 5.63. The highest BCUT2D eigenvalue weighted by atomic mass is 35.5. The van der Waals surface area contributed by atoms with Gasteiger partial charge < -0.3 is 4.74 Å². The lowest BCUT2D eigenvalue weighted by Crippen LogP contribution is -2.16. The first-order valence-corrected chi connectivity index (χ1v) is 4.83. The summed E-state index contributed by atoms with van der Waals surface area (Å²) in [5.41, 5.74) is 0. The quantitative estimate of drug-likeness (QED) is 0.761. The van der Waals surface area contributed by atoms with Gasteiger partial charge in [0.15, 0.2) is 0 Å². The average Bonchev–Trinajstić information content (AvgIpc) is 2.88. The standard InChI is InChI=1S/C10H8ClF3O/c11-6-1-3-7(4-2-6)15-9-5-8(9)10(12,13)14/h1-4,8-9H,5H2/t8-,9-/m1/s1. The molecule has 1 fully saturated rings. The van der Waals surface area contributed by atoms with Crippen molar-refractivity contribution in [2.24, 2.45) is 5.92 Å². The predicted octanol–water partition coefficient (Wildman–Crippen LogP) is 3.67. The van der Waals surface area contributed by atoms with Gasteiger partial charge >= 0.3 is 6.18 Å². The molecule has 0 saturated heterocycles. The van der Waals surface area contributed by atoms with Crippen LogP contribution in [-0.2, 0) is 0 Å². The number of halogens is 4. The fourth-order valence-electron chi connectivity index (χ4n) is 1.33. The average molecular weight is 237 g/mol. The molecular formula is C10H8ClF3O. The van der Waals surface area contributed by atoms with Gasteiger partial charge in [-0.2, -0.15) is 13.2 Å². The van der Waals surface area contributed by atoms with Gasteiger partial charge in [-0.3, -0.25) is 0 Å². The Hall–Kier alpha value is -0.900. The van der Waals surface area contributed by atoms with Crippen molar-refractivity contribution in [1.82, 2.24) is 0 Å². The molecule has 1 aliphatic rings. The van der Waals surface area contributed by atoms with Crippen LogP contribution in [0.2, 0.25) is 5.02 Å². The topological polar surface area (TPSA) is 9.23 Å². The number of benzene rings is 1. The van der Waals surface area contributed by atoms with E-state index in [-0.39, 0.29) is 6.42 Å². The van der Waals surface area contributed by atoms with Crippen molar-refractivity contribution in [1.29, 1.82) is 0 Å². The summed E-state index contributed by atoms with van der Waals surface area (Å²) in [5, 5.41) is 0.533. The number of rotatable bonds is 2. The highest BCUT2D eigenvalue weighted by molar-refractivity contribution is 6.30. The molecule has 0 heterocycles. The van der Waals surface area contributed by atoms with Crippen LogP contribution in [0.4, 0.5) is 13.2 Å². The lowest BCUT2D eigenvalue weighted by Gasteiger charge is -2.07. The fourth-order valence-corrected chi connectivity index (χ4v) is 1.46. The highest BCUT2D eigenvalue weighted by Crippen LogP contribution is 2.46. The molecule has 1 saturated carbocycles. The van der Waals surface area contributed by atoms with Crippen molar-refractivity contribution >= 4 is 11.6 Å². The predicted molar refractivity (Wildman–Crippen MR) is 50.0 cm³/mol. The van der Waals surface area contributed by atoms with Crippen molar-refractivity contribution in [3.8, 4) is 5.75 Å². The number of ether oxygens (including phenoxy) is 1. The molecule has 1 aromatic rings. The van der Waals surface area contributed by atoms with Crippen LogP contribution in [0.3, 0.4) is 0 Å². The van der Waals surface area contributed by atoms with E-state index in [9.17, 15) is 13.2 Å². The van der Waals surface area contributed by atoms with Gasteiger partial charge in [0.05, 0.1) is 5.92 Å². The maximum atomic E-state index is 12.2. The molecule has 15 heavy (non-hydrogen) atoms. The van der Waals surface area contributed by atoms with Crippen LogP contribution in [0.25, 0.3) is 0 Å². The van der Waals surface area contributed by atoms with Crippen LogP contribution in [0, 0.1) is 5.92 Å². The van der Waals surface area contributed by atoms with Gasteiger partial charge in [-0.05, 0) is 30.7 Å². The summed E-state index contributed by atoms with van der Waals surface area (Å²) in [7, 11) is 0. The van der Waals surface area contributed by atoms with E-state index in [0.717, 1.165) is 0 Å². The molecule has 1 aromatic carbocycles. The van der Waals surface area contributed by atoms with Gasteiger partial charge in [0.1, 0.15) is 11.9 Å². The third kappa shape index (κ3) is 2.56. The normalized spacial score (nSPS) is 25.1. The van der Waals surface area contributed by atoms with Crippen LogP contribution < -0.4 is 4.74 Å². The molecule has 0 spiro atoms. The van der Waals surface area contributed by atoms with Gasteiger partial charge in [-0.1, -0.05) is 11.6 Å². The second-order valence-electron chi connectivity index (χ2n) is 3.49. The van der Waals surface area contributed by atoms with Crippen LogP contribution in [0.1, 0.15) is 6.42 Å². The summed E-state index contributed by atoms with van der Waals surface area (Å²) in [4.78, 5) is 0. The van der Waals surface area contributed by atoms with Gasteiger partial charge in [0, 0.05) is 5.02 Å². The summed E-state index contributed by atoms with van der Waals surface area (Å²) in [6, 6.07) is 6.30. The largest absolute Gasteiger partial charge is 0.490 e. The van der Waals surface area contributed by atoms with Crippen molar-refractivity contribution in [3.05, 3.63) is 29.3 Å². The van der Waals surface area contributed by atoms with Crippen molar-refractivity contribution in [3.63, 3.8) is 0 Å². The van der Waals surface area contributed by atoms with E-state index in [1.54, 1.807) is 24.3 Å². The Morgan fingerprint density at radius 3 is 2.27 bits per heavy atom. The Morgan fingerprint density at radius 2 is 1.80 bits per heavy atom. The molecule has 0 aromatic heterocycles. The maximum Gasteiger partial charge on any atom is 0.395 e. The fraction of sp³-hybridized carbons (Fsp3) is 0.400. The molecule has 0 bridgehead atoms. The summed E-state index contributed by atoms with van der Waals surface area (Å²) < 4.78 is 41.6. The molecule has 5 heteroatoms. The zero-order chi connectivity index (χ0) is 11.1. The number of alkyl halides is 3. The number of hydrogen-bond donors (Lipinski definition) is 0. The van der Waals surface area contributed by atoms with Crippen LogP contribution in [-0.4, -0.2) is 12.3 Å². The van der Waals surface area contributed by atoms with Gasteiger partial charge in [0.2, 0.25) is 0 Å². The Bertz CT molecular complexity index is 347. The minimum atomic E-state index is -4.14. The SMILES string of the molecule is FC(F)(F)[C@@H]1C[C@H]1Oc1ccc(Cl)cc1. The van der Waals surface area contributed by atoms with Crippen LogP contribution in [0.5, 0.6) is 5.75 Å². The van der Waals surface area contributed by atoms with E-state index in [1.807, 2.05) is 0 Å². The Labute approximate surface area is 89.8 Å². The lowest BCUT2D eigenvalue weighted by atomic mass is 10.3. The Kier molecular flexibility index (Phi) is 2.54. The first kappa shape index (κ1) is 10.6. The molecule has 0 N–H and O–H groups in total. The summed E-state index contributed by atoms with van der Waals surface area (Å²) in [6.45, 7) is 0. The lowest BCUT2D eigenvalue weighted by molar-refractivity contribution is -0.153. The molecule has 0 radical (unpaired) electrons. The molecule has 1 aliphatic carbocycles. The van der Waals surface area contributed by atoms with Gasteiger partial charge in [0.25, 0.3) is 0 Å². The third-order valence-corrected chi connectivity index (χ3v) is 2.51. The van der Waals surface area contributed by atoms with Crippen LogP contribution in [0.15, 0.2) is 24.3 Å². The second kappa shape index (κ2) is 3.59. The molecule has 0 unspecified atom stereocenters. The van der Waals surface area contributed by atoms with E-state index < -0.39 is 18.2 Å². The zero-order valence-corrected chi connectivity index (χ0v) is 8.35. The third-order valence-electron chi connectivity index (χ3n) is 2.25. The molecular weight excluding hydrogens is 229 g/mol. The van der Waals surface area contributed by atoms with Crippen molar-refractivity contribution in [2.75, 3.05) is 0 Å². The Morgan fingerprint density at radius 1 is 1.20 bits per heavy atom. The van der Waals surface area contributed by atoms with E-state index >= 15 is 0 Å². The first-order chi connectivity index (χ1) is 6.97. The van der Waals surface area contributed by atoms with E-state index in [2.05, 4.69) is 0 Å². The molecule has 1 nitrogen and oxygen atoms in total. The smallest absolute Gasteiger partial charge is 0.395 e. The number of hydrogen-bond acceptors (Lipinski definition) is 1. The molecule has 0 aliphatic heterocycles. The zero-order valence-electron chi connectivity index (χ0n) is 7.59. The van der Waals surface area contributed by atoms with Crippen molar-refractivity contribution < 1.29 is 17.9 Å². The maximum absolute atomic E-state index is 12.2. The van der Waals surface area contributed by atoms with E-state index in [1.165, 1.54) is 0 Å². The molecule has 82 valence electrons. The van der Waals surface area contributed by atoms with E-state index in [0.29, 0.717) is 10.8 Å². The van der Waals surface area contributed by atoms with Gasteiger partial charge in [-0.15, -0.1) is 0 Å². The second-order valence-corrected chi connectivity index (χ2v) is 3.93. The molecule has 0 amide bonds. The summed E-state index contributed by atoms with van der Waals surface area (Å²) in [6.07, 6.45) is -4.82. The Balaban J connectivity index is 1.93. The van der Waals surface area contributed by atoms with E-state index in [4.69, 9.17) is 16.3 Å².